The largest absolute Gasteiger partial charge is 0.403 e. The van der Waals surface area contributed by atoms with Gasteiger partial charge in [-0.1, -0.05) is 23.5 Å². The number of nitrogens with zero attached hydrogens (tertiary/aromatic N) is 3. The van der Waals surface area contributed by atoms with Gasteiger partial charge in [0.1, 0.15) is 27.8 Å². The van der Waals surface area contributed by atoms with Crippen molar-refractivity contribution >= 4 is 28.1 Å². The molecule has 2 heterocycles. The summed E-state index contributed by atoms with van der Waals surface area (Å²) in [5, 5.41) is 3.10. The van der Waals surface area contributed by atoms with Gasteiger partial charge in [0, 0.05) is 37.9 Å². The van der Waals surface area contributed by atoms with E-state index in [1.807, 2.05) is 4.90 Å². The molecule has 2 aromatic rings. The molecule has 31 heavy (non-hydrogen) atoms. The number of nitrogens with two attached hydrogens (primary N) is 3. The van der Waals surface area contributed by atoms with Gasteiger partial charge in [-0.15, -0.1) is 0 Å². The lowest BCUT2D eigenvalue weighted by Gasteiger charge is -2.25. The van der Waals surface area contributed by atoms with E-state index >= 15 is 0 Å². The number of likely N-dealkylation sites (tertiary alicyclic amines) is 1. The number of rotatable bonds is 4. The van der Waals surface area contributed by atoms with E-state index in [2.05, 4.69) is 15.3 Å². The molecule has 8 nitrogen and oxygen atoms in total. The fourth-order valence-electron chi connectivity index (χ4n) is 3.33. The summed E-state index contributed by atoms with van der Waals surface area (Å²) in [6, 6.07) is 5.55. The highest BCUT2D eigenvalue weighted by atomic mass is 32.1. The molecule has 0 radical (unpaired) electrons. The zero-order valence-electron chi connectivity index (χ0n) is 17.0. The van der Waals surface area contributed by atoms with Gasteiger partial charge < -0.3 is 27.4 Å². The molecule has 1 saturated heterocycles. The molecular formula is C20H25F2N7OS. The minimum absolute atomic E-state index is 0.0419. The Morgan fingerprint density at radius 3 is 2.74 bits per heavy atom. The second kappa shape index (κ2) is 9.84. The number of nitrogens with one attached hydrogen (secondary N) is 1. The first-order valence-electron chi connectivity index (χ1n) is 9.71. The molecule has 1 fully saturated rings. The summed E-state index contributed by atoms with van der Waals surface area (Å²) in [5.41, 5.74) is 18.0. The van der Waals surface area contributed by atoms with Crippen LogP contribution in [0.3, 0.4) is 0 Å². The Balaban J connectivity index is 1.79. The summed E-state index contributed by atoms with van der Waals surface area (Å²) in [6.45, 7) is 0.850. The molecule has 1 amide bonds. The van der Waals surface area contributed by atoms with Crippen molar-refractivity contribution in [3.05, 3.63) is 47.7 Å². The first-order chi connectivity index (χ1) is 14.8. The van der Waals surface area contributed by atoms with Crippen LogP contribution in [0.5, 0.6) is 0 Å². The van der Waals surface area contributed by atoms with Crippen LogP contribution in [0.4, 0.5) is 13.8 Å². The fourth-order valence-corrected chi connectivity index (χ4v) is 4.19. The van der Waals surface area contributed by atoms with Gasteiger partial charge in [0.05, 0.1) is 5.70 Å². The quantitative estimate of drug-likeness (QED) is 0.416. The maximum atomic E-state index is 14.1. The van der Waals surface area contributed by atoms with Gasteiger partial charge in [0.15, 0.2) is 5.69 Å². The van der Waals surface area contributed by atoms with Crippen molar-refractivity contribution in [3.8, 4) is 10.6 Å². The summed E-state index contributed by atoms with van der Waals surface area (Å²) in [6.07, 6.45) is 0.793. The number of amidine groups is 1. The van der Waals surface area contributed by atoms with Crippen LogP contribution in [-0.2, 0) is 0 Å². The molecule has 1 aliphatic heterocycles. The third kappa shape index (κ3) is 5.00. The molecular weight excluding hydrogens is 424 g/mol. The van der Waals surface area contributed by atoms with Crippen molar-refractivity contribution in [2.75, 3.05) is 25.9 Å². The Kier molecular flexibility index (Phi) is 7.18. The van der Waals surface area contributed by atoms with Crippen LogP contribution in [0.1, 0.15) is 23.3 Å². The Hall–Kier alpha value is -3.05. The van der Waals surface area contributed by atoms with E-state index in [0.29, 0.717) is 30.4 Å². The van der Waals surface area contributed by atoms with E-state index in [1.54, 1.807) is 25.2 Å². The van der Waals surface area contributed by atoms with Crippen LogP contribution in [-0.4, -0.2) is 54.0 Å². The Morgan fingerprint density at radius 1 is 1.35 bits per heavy atom. The van der Waals surface area contributed by atoms with E-state index in [9.17, 15) is 13.6 Å². The molecule has 1 aliphatic rings. The molecule has 1 aromatic heterocycles. The summed E-state index contributed by atoms with van der Waals surface area (Å²) in [7, 11) is 1.55. The van der Waals surface area contributed by atoms with Gasteiger partial charge in [0.2, 0.25) is 0 Å². The topological polar surface area (TPSA) is 136 Å². The molecule has 11 heteroatoms. The number of anilines is 1. The highest BCUT2D eigenvalue weighted by molar-refractivity contribution is 7.19. The van der Waals surface area contributed by atoms with Crippen LogP contribution in [0.25, 0.3) is 10.6 Å². The third-order valence-corrected chi connectivity index (χ3v) is 5.93. The van der Waals surface area contributed by atoms with Crippen molar-refractivity contribution in [2.24, 2.45) is 16.5 Å². The second-order valence-electron chi connectivity index (χ2n) is 7.04. The molecule has 0 aliphatic carbocycles. The first kappa shape index (κ1) is 22.6. The lowest BCUT2D eigenvalue weighted by molar-refractivity contribution is 0.0964. The molecule has 0 unspecified atom stereocenters. The normalized spacial score (nSPS) is 20.5. The molecule has 7 N–H and O–H groups in total. The van der Waals surface area contributed by atoms with Crippen molar-refractivity contribution in [2.45, 2.75) is 25.1 Å². The number of aliphatic imine (C=N–C) groups is 1. The zero-order chi connectivity index (χ0) is 22.5. The number of halogens is 2. The molecule has 1 aromatic carbocycles. The predicted molar refractivity (Wildman–Crippen MR) is 119 cm³/mol. The molecule has 3 rings (SSSR count). The number of nitrogen functional groups attached to an aromatic ring is 1. The Bertz CT molecular complexity index is 995. The monoisotopic (exact) mass is 449 g/mol. The number of amides is 1. The molecule has 0 bridgehead atoms. The summed E-state index contributed by atoms with van der Waals surface area (Å²) in [4.78, 5) is 23.1. The number of benzene rings is 1. The highest BCUT2D eigenvalue weighted by Gasteiger charge is 2.27. The van der Waals surface area contributed by atoms with Crippen LogP contribution >= 0.6 is 11.3 Å². The Labute approximate surface area is 182 Å². The Morgan fingerprint density at radius 2 is 2.06 bits per heavy atom. The summed E-state index contributed by atoms with van der Waals surface area (Å²) < 4.78 is 28.0. The fraction of sp³-hybridized carbons (Fsp3) is 0.350. The van der Waals surface area contributed by atoms with Gasteiger partial charge in [-0.3, -0.25) is 9.79 Å². The lowest BCUT2D eigenvalue weighted by atomic mass is 10.1. The van der Waals surface area contributed by atoms with E-state index < -0.39 is 23.9 Å². The maximum Gasteiger partial charge on any atom is 0.277 e. The van der Waals surface area contributed by atoms with Crippen molar-refractivity contribution in [3.63, 3.8) is 0 Å². The van der Waals surface area contributed by atoms with Crippen molar-refractivity contribution < 1.29 is 13.6 Å². The van der Waals surface area contributed by atoms with Crippen molar-refractivity contribution in [1.29, 1.82) is 0 Å². The van der Waals surface area contributed by atoms with Gasteiger partial charge >= 0.3 is 0 Å². The van der Waals surface area contributed by atoms with Crippen LogP contribution in [0.15, 0.2) is 41.2 Å². The molecule has 0 spiro atoms. The average molecular weight is 450 g/mol. The molecule has 0 saturated carbocycles. The minimum atomic E-state index is -1.10. The smallest absolute Gasteiger partial charge is 0.277 e. The van der Waals surface area contributed by atoms with Gasteiger partial charge in [-0.25, -0.2) is 13.8 Å². The maximum absolute atomic E-state index is 14.1. The van der Waals surface area contributed by atoms with Crippen LogP contribution in [0, 0.1) is 5.82 Å². The number of hydrogen-bond donors (Lipinski definition) is 4. The zero-order valence-corrected chi connectivity index (χ0v) is 17.8. The summed E-state index contributed by atoms with van der Waals surface area (Å²) in [5.74, 6) is -0.666. The SMILES string of the molecule is CN=C(C(=CN)NC(=O)c1nc(-c2ccccc2F)sc1N)N1CC[C@H](N)[C@@H](F)CC1. The van der Waals surface area contributed by atoms with Gasteiger partial charge in [-0.2, -0.15) is 0 Å². The van der Waals surface area contributed by atoms with Crippen molar-refractivity contribution in [1.82, 2.24) is 15.2 Å². The minimum Gasteiger partial charge on any atom is -0.403 e. The van der Waals surface area contributed by atoms with Crippen LogP contribution < -0.4 is 22.5 Å². The number of aromatic nitrogens is 1. The van der Waals surface area contributed by atoms with E-state index in [-0.39, 0.29) is 28.4 Å². The van der Waals surface area contributed by atoms with Gasteiger partial charge in [-0.05, 0) is 25.0 Å². The van der Waals surface area contributed by atoms with E-state index in [1.165, 1.54) is 12.3 Å². The molecule has 166 valence electrons. The number of hydrogen-bond acceptors (Lipinski definition) is 7. The first-order valence-corrected chi connectivity index (χ1v) is 10.5. The standard InChI is InChI=1S/C20H25F2N7OS/c1-26-18(29-8-6-13(22)14(24)7-9-29)15(10-23)27-19(30)16-17(25)31-20(28-16)11-4-2-3-5-12(11)21/h2-5,10,13-14H,6-9,23-25H2,1H3,(H,27,30)/t13-,14-/m0/s1. The lowest BCUT2D eigenvalue weighted by Crippen LogP contribution is -2.40. The third-order valence-electron chi connectivity index (χ3n) is 5.01. The van der Waals surface area contributed by atoms with Crippen LogP contribution in [0.2, 0.25) is 0 Å². The second-order valence-corrected chi connectivity index (χ2v) is 8.07. The summed E-state index contributed by atoms with van der Waals surface area (Å²) >= 11 is 1.01. The predicted octanol–water partition coefficient (Wildman–Crippen LogP) is 1.85. The average Bonchev–Trinajstić information content (AvgIpc) is 3.07. The molecule has 2 atom stereocenters. The van der Waals surface area contributed by atoms with E-state index in [0.717, 1.165) is 11.3 Å². The van der Waals surface area contributed by atoms with E-state index in [4.69, 9.17) is 17.2 Å². The highest BCUT2D eigenvalue weighted by Crippen LogP contribution is 2.31. The number of carbonyl (C=O) groups excluding carboxylic acids is 1. The number of carbonyl (C=O) groups is 1. The number of thiazole rings is 1. The van der Waals surface area contributed by atoms with Gasteiger partial charge in [0.25, 0.3) is 5.91 Å². The number of alkyl halides is 1.